The van der Waals surface area contributed by atoms with E-state index >= 15 is 0 Å². The predicted molar refractivity (Wildman–Crippen MR) is 98.8 cm³/mol. The Bertz CT molecular complexity index is 981. The van der Waals surface area contributed by atoms with Crippen LogP contribution in [-0.4, -0.2) is 41.8 Å². The van der Waals surface area contributed by atoms with Crippen molar-refractivity contribution in [3.05, 3.63) is 36.0 Å². The van der Waals surface area contributed by atoms with Crippen molar-refractivity contribution in [3.63, 3.8) is 0 Å². The van der Waals surface area contributed by atoms with Crippen LogP contribution in [0.15, 0.2) is 24.8 Å². The second-order valence-corrected chi connectivity index (χ2v) is 6.89. The number of hydrogen-bond donors (Lipinski definition) is 2. The summed E-state index contributed by atoms with van der Waals surface area (Å²) in [5, 5.41) is 18.3. The van der Waals surface area contributed by atoms with Gasteiger partial charge in [-0.05, 0) is 26.2 Å². The maximum Gasteiger partial charge on any atom is 0.421 e. The van der Waals surface area contributed by atoms with Crippen LogP contribution >= 0.6 is 0 Å². The Morgan fingerprint density at radius 3 is 2.48 bits per heavy atom. The van der Waals surface area contributed by atoms with Crippen molar-refractivity contribution in [1.29, 1.82) is 0 Å². The summed E-state index contributed by atoms with van der Waals surface area (Å²) in [6, 6.07) is 0.425. The fourth-order valence-corrected chi connectivity index (χ4v) is 3.66. The van der Waals surface area contributed by atoms with Gasteiger partial charge in [0.1, 0.15) is 11.4 Å². The number of nitrogens with one attached hydrogen (secondary N) is 2. The molecule has 0 aromatic carbocycles. The van der Waals surface area contributed by atoms with Gasteiger partial charge in [-0.25, -0.2) is 4.98 Å². The highest BCUT2D eigenvalue weighted by Gasteiger charge is 2.35. The molecule has 3 aromatic heterocycles. The Labute approximate surface area is 164 Å². The lowest BCUT2D eigenvalue weighted by molar-refractivity contribution is -0.137. The van der Waals surface area contributed by atoms with Crippen LogP contribution in [0.4, 0.5) is 30.6 Å². The topological polar surface area (TPSA) is 98.4 Å². The molecule has 1 unspecified atom stereocenters. The average Bonchev–Trinajstić information content (AvgIpc) is 3.42. The highest BCUT2D eigenvalue weighted by Crippen LogP contribution is 2.38. The van der Waals surface area contributed by atoms with E-state index in [-0.39, 0.29) is 23.8 Å². The van der Waals surface area contributed by atoms with Crippen LogP contribution in [0.1, 0.15) is 42.6 Å². The first-order chi connectivity index (χ1) is 13.9. The summed E-state index contributed by atoms with van der Waals surface area (Å²) < 4.78 is 40.9. The van der Waals surface area contributed by atoms with Crippen LogP contribution in [0.3, 0.4) is 0 Å². The van der Waals surface area contributed by atoms with Crippen LogP contribution in [0.2, 0.25) is 0 Å². The van der Waals surface area contributed by atoms with Gasteiger partial charge in [0.25, 0.3) is 0 Å². The normalized spacial score (nSPS) is 19.5. The largest absolute Gasteiger partial charge is 0.421 e. The Morgan fingerprint density at radius 2 is 1.79 bits per heavy atom. The van der Waals surface area contributed by atoms with Crippen molar-refractivity contribution in [2.24, 2.45) is 0 Å². The van der Waals surface area contributed by atoms with Gasteiger partial charge in [0.2, 0.25) is 5.95 Å². The third-order valence-corrected chi connectivity index (χ3v) is 5.11. The van der Waals surface area contributed by atoms with E-state index in [0.717, 1.165) is 31.2 Å². The molecule has 1 aliphatic carbocycles. The van der Waals surface area contributed by atoms with E-state index in [0.29, 0.717) is 5.69 Å². The number of anilines is 3. The van der Waals surface area contributed by atoms with Gasteiger partial charge < -0.3 is 10.6 Å². The van der Waals surface area contributed by atoms with E-state index < -0.39 is 11.7 Å². The highest BCUT2D eigenvalue weighted by atomic mass is 19.4. The van der Waals surface area contributed by atoms with Crippen molar-refractivity contribution >= 4 is 17.5 Å². The second-order valence-electron chi connectivity index (χ2n) is 6.89. The van der Waals surface area contributed by atoms with Gasteiger partial charge in [0, 0.05) is 13.2 Å². The second kappa shape index (κ2) is 7.33. The van der Waals surface area contributed by atoms with E-state index in [1.807, 2.05) is 11.6 Å². The Kier molecular flexibility index (Phi) is 4.84. The third kappa shape index (κ3) is 3.74. The summed E-state index contributed by atoms with van der Waals surface area (Å²) in [5.74, 6) is -0.222. The molecule has 2 N–H and O–H groups in total. The minimum atomic E-state index is -4.53. The molecular weight excluding hydrogens is 387 g/mol. The molecule has 0 aliphatic heterocycles. The fraction of sp³-hybridized carbons (Fsp3) is 0.471. The number of nitrogens with zero attached hydrogens (tertiary/aromatic N) is 7. The molecule has 0 bridgehead atoms. The van der Waals surface area contributed by atoms with Crippen molar-refractivity contribution in [3.8, 4) is 0 Å². The summed E-state index contributed by atoms with van der Waals surface area (Å²) >= 11 is 0. The first kappa shape index (κ1) is 19.2. The van der Waals surface area contributed by atoms with Crippen LogP contribution in [0.5, 0.6) is 0 Å². The number of hydrogen-bond acceptors (Lipinski definition) is 7. The zero-order chi connectivity index (χ0) is 20.6. The van der Waals surface area contributed by atoms with Gasteiger partial charge in [-0.3, -0.25) is 4.68 Å². The summed E-state index contributed by atoms with van der Waals surface area (Å²) in [4.78, 5) is 9.47. The minimum Gasteiger partial charge on any atom is -0.372 e. The fourth-order valence-electron chi connectivity index (χ4n) is 3.66. The summed E-state index contributed by atoms with van der Waals surface area (Å²) in [7, 11) is 1.38. The molecule has 29 heavy (non-hydrogen) atoms. The Balaban J connectivity index is 1.51. The van der Waals surface area contributed by atoms with Gasteiger partial charge in [0.05, 0.1) is 42.1 Å². The van der Waals surface area contributed by atoms with Gasteiger partial charge in [-0.15, -0.1) is 0 Å². The highest BCUT2D eigenvalue weighted by molar-refractivity contribution is 5.58. The maximum absolute atomic E-state index is 13.0. The molecule has 154 valence electrons. The summed E-state index contributed by atoms with van der Waals surface area (Å²) in [6.45, 7) is 1.90. The molecule has 1 fully saturated rings. The molecule has 2 atom stereocenters. The van der Waals surface area contributed by atoms with Crippen LogP contribution in [-0.2, 0) is 6.18 Å². The smallest absolute Gasteiger partial charge is 0.372 e. The van der Waals surface area contributed by atoms with Gasteiger partial charge in [0.15, 0.2) is 0 Å². The van der Waals surface area contributed by atoms with E-state index in [4.69, 9.17) is 0 Å². The molecule has 4 rings (SSSR count). The summed E-state index contributed by atoms with van der Waals surface area (Å²) in [5.41, 5.74) is 0.591. The summed E-state index contributed by atoms with van der Waals surface area (Å²) in [6.07, 6.45) is 3.95. The predicted octanol–water partition coefficient (Wildman–Crippen LogP) is 3.34. The Morgan fingerprint density at radius 1 is 1.07 bits per heavy atom. The quantitative estimate of drug-likeness (QED) is 0.669. The van der Waals surface area contributed by atoms with Crippen molar-refractivity contribution < 1.29 is 13.2 Å². The van der Waals surface area contributed by atoms with Crippen molar-refractivity contribution in [2.75, 3.05) is 17.7 Å². The number of rotatable bonds is 5. The third-order valence-electron chi connectivity index (χ3n) is 5.11. The first-order valence-corrected chi connectivity index (χ1v) is 9.15. The van der Waals surface area contributed by atoms with Gasteiger partial charge in [-0.2, -0.15) is 38.2 Å². The van der Waals surface area contributed by atoms with E-state index in [2.05, 4.69) is 35.9 Å². The monoisotopic (exact) mass is 407 g/mol. The number of alkyl halides is 3. The molecule has 3 heterocycles. The van der Waals surface area contributed by atoms with Crippen molar-refractivity contribution in [2.45, 2.75) is 44.4 Å². The molecule has 0 saturated heterocycles. The van der Waals surface area contributed by atoms with Gasteiger partial charge in [-0.1, -0.05) is 0 Å². The molecule has 12 heteroatoms. The first-order valence-electron chi connectivity index (χ1n) is 9.15. The van der Waals surface area contributed by atoms with Crippen LogP contribution in [0, 0.1) is 6.92 Å². The lowest BCUT2D eigenvalue weighted by Gasteiger charge is -2.15. The molecule has 0 amide bonds. The lowest BCUT2D eigenvalue weighted by atomic mass is 10.2. The molecule has 1 aliphatic rings. The molecule has 0 radical (unpaired) electrons. The Hall–Kier alpha value is -3.18. The van der Waals surface area contributed by atoms with E-state index in [9.17, 15) is 13.2 Å². The van der Waals surface area contributed by atoms with E-state index in [1.54, 1.807) is 23.4 Å². The standard InChI is InChI=1S/C17H20F3N9/c1-10-14(26-16-22-8-13(17(18,19)20)15(21-2)27-16)9-25-28(10)11-3-4-12(7-11)29-23-5-6-24-29/h5-6,8-9,11-12H,3-4,7H2,1-2H3,(H2,21,22,26,27)/t11-,12?/m0/s1. The van der Waals surface area contributed by atoms with Crippen LogP contribution in [0.25, 0.3) is 0 Å². The molecule has 0 spiro atoms. The van der Waals surface area contributed by atoms with E-state index in [1.165, 1.54) is 7.05 Å². The van der Waals surface area contributed by atoms with Crippen LogP contribution < -0.4 is 10.6 Å². The zero-order valence-electron chi connectivity index (χ0n) is 15.8. The van der Waals surface area contributed by atoms with Gasteiger partial charge >= 0.3 is 6.18 Å². The minimum absolute atomic E-state index is 0.0649. The maximum atomic E-state index is 13.0. The molecular formula is C17H20F3N9. The average molecular weight is 407 g/mol. The SMILES string of the molecule is CNc1nc(Nc2cnn([C@H]3CCC(n4nccn4)C3)c2C)ncc1C(F)(F)F. The zero-order valence-corrected chi connectivity index (χ0v) is 15.8. The molecule has 1 saturated carbocycles. The van der Waals surface area contributed by atoms with Crippen molar-refractivity contribution in [1.82, 2.24) is 34.7 Å². The molecule has 9 nitrogen and oxygen atoms in total. The number of aromatic nitrogens is 7. The molecule has 3 aromatic rings. The lowest BCUT2D eigenvalue weighted by Crippen LogP contribution is -2.13. The number of halogens is 3.